The van der Waals surface area contributed by atoms with Gasteiger partial charge in [0.2, 0.25) is 0 Å². The molecule has 2 heteroatoms. The van der Waals surface area contributed by atoms with Crippen LogP contribution in [0.5, 0.6) is 0 Å². The van der Waals surface area contributed by atoms with Gasteiger partial charge in [-0.1, -0.05) is 158 Å². The van der Waals surface area contributed by atoms with Gasteiger partial charge in [-0.3, -0.25) is 0 Å². The maximum absolute atomic E-state index is 2.42. The molecule has 0 radical (unpaired) electrons. The minimum absolute atomic E-state index is 1.12. The summed E-state index contributed by atoms with van der Waals surface area (Å²) in [5.41, 5.74) is 10.7. The van der Waals surface area contributed by atoms with E-state index in [0.717, 1.165) is 17.1 Å². The van der Waals surface area contributed by atoms with Gasteiger partial charge in [0.25, 0.3) is 0 Å². The Kier molecular flexibility index (Phi) is 7.41. The van der Waals surface area contributed by atoms with Crippen molar-refractivity contribution in [3.63, 3.8) is 0 Å². The predicted octanol–water partition coefficient (Wildman–Crippen LogP) is 14.8. The molecule has 1 aromatic heterocycles. The van der Waals surface area contributed by atoms with Crippen LogP contribution in [0.1, 0.15) is 0 Å². The Morgan fingerprint density at radius 1 is 0.269 bits per heavy atom. The van der Waals surface area contributed by atoms with E-state index < -0.39 is 0 Å². The van der Waals surface area contributed by atoms with Crippen molar-refractivity contribution in [2.45, 2.75) is 0 Å². The summed E-state index contributed by atoms with van der Waals surface area (Å²) in [5.74, 6) is 0. The minimum atomic E-state index is 1.12. The largest absolute Gasteiger partial charge is 0.310 e. The molecule has 0 saturated heterocycles. The number of fused-ring (bicyclic) bond motifs is 6. The molecule has 10 rings (SSSR count). The monoisotopic (exact) mass is 679 g/mol. The van der Waals surface area contributed by atoms with E-state index in [1.807, 2.05) is 11.3 Å². The van der Waals surface area contributed by atoms with Crippen LogP contribution in [0.2, 0.25) is 0 Å². The van der Waals surface area contributed by atoms with E-state index >= 15 is 0 Å². The van der Waals surface area contributed by atoms with Gasteiger partial charge < -0.3 is 4.90 Å². The smallest absolute Gasteiger partial charge is 0.0476 e. The first-order valence-corrected chi connectivity index (χ1v) is 18.6. The Morgan fingerprint density at radius 2 is 0.712 bits per heavy atom. The first-order chi connectivity index (χ1) is 25.8. The summed E-state index contributed by atoms with van der Waals surface area (Å²) in [6.07, 6.45) is 0. The molecule has 1 heterocycles. The van der Waals surface area contributed by atoms with E-state index in [2.05, 4.69) is 205 Å². The first-order valence-electron chi connectivity index (χ1n) is 17.8. The molecule has 0 aliphatic carbocycles. The van der Waals surface area contributed by atoms with Crippen LogP contribution in [0, 0.1) is 0 Å². The molecule has 0 unspecified atom stereocenters. The molecule has 244 valence electrons. The van der Waals surface area contributed by atoms with Crippen LogP contribution >= 0.6 is 11.3 Å². The maximum atomic E-state index is 2.42. The number of rotatable bonds is 6. The lowest BCUT2D eigenvalue weighted by Crippen LogP contribution is -2.10. The van der Waals surface area contributed by atoms with Gasteiger partial charge in [-0.2, -0.15) is 0 Å². The second-order valence-electron chi connectivity index (χ2n) is 13.3. The minimum Gasteiger partial charge on any atom is -0.310 e. The third-order valence-corrected chi connectivity index (χ3v) is 11.4. The number of hydrogen-bond acceptors (Lipinski definition) is 2. The molecule has 9 aromatic carbocycles. The van der Waals surface area contributed by atoms with Crippen LogP contribution in [0.15, 0.2) is 200 Å². The van der Waals surface area contributed by atoms with Crippen molar-refractivity contribution in [3.05, 3.63) is 200 Å². The Morgan fingerprint density at radius 3 is 1.38 bits per heavy atom. The zero-order valence-corrected chi connectivity index (χ0v) is 29.2. The van der Waals surface area contributed by atoms with Gasteiger partial charge in [0.15, 0.2) is 0 Å². The van der Waals surface area contributed by atoms with E-state index in [1.54, 1.807) is 0 Å². The summed E-state index contributed by atoms with van der Waals surface area (Å²) < 4.78 is 2.60. The van der Waals surface area contributed by atoms with Gasteiger partial charge in [0, 0.05) is 37.2 Å². The zero-order valence-electron chi connectivity index (χ0n) is 28.4. The third kappa shape index (κ3) is 5.16. The second kappa shape index (κ2) is 12.7. The van der Waals surface area contributed by atoms with E-state index in [4.69, 9.17) is 0 Å². The first kappa shape index (κ1) is 30.4. The average molecular weight is 680 g/mol. The van der Waals surface area contributed by atoms with Crippen molar-refractivity contribution in [1.82, 2.24) is 0 Å². The van der Waals surface area contributed by atoms with Crippen molar-refractivity contribution in [3.8, 4) is 33.4 Å². The lowest BCUT2D eigenvalue weighted by atomic mass is 9.85. The molecular formula is C50H33NS. The Labute approximate surface area is 307 Å². The number of thiophene rings is 1. The summed E-state index contributed by atoms with van der Waals surface area (Å²) in [7, 11) is 0. The molecule has 0 amide bonds. The maximum Gasteiger partial charge on any atom is 0.0476 e. The highest BCUT2D eigenvalue weighted by atomic mass is 32.1. The molecule has 0 bridgehead atoms. The van der Waals surface area contributed by atoms with E-state index in [0.29, 0.717) is 0 Å². The molecule has 10 aromatic rings. The van der Waals surface area contributed by atoms with E-state index in [9.17, 15) is 0 Å². The Hall–Kier alpha value is -6.48. The Balaban J connectivity index is 1.25. The highest BCUT2D eigenvalue weighted by Gasteiger charge is 2.21. The fourth-order valence-electron chi connectivity index (χ4n) is 7.86. The van der Waals surface area contributed by atoms with Crippen molar-refractivity contribution in [2.24, 2.45) is 0 Å². The number of nitrogens with zero attached hydrogens (tertiary/aromatic N) is 1. The summed E-state index contributed by atoms with van der Waals surface area (Å²) in [4.78, 5) is 2.42. The predicted molar refractivity (Wildman–Crippen MR) is 225 cm³/mol. The molecule has 0 aliphatic rings. The van der Waals surface area contributed by atoms with Crippen LogP contribution in [0.25, 0.3) is 75.1 Å². The molecule has 1 nitrogen and oxygen atoms in total. The SMILES string of the molecule is c1ccc(-c2ccc(N(c3ccc4c(c3)sc3ccccc34)c3ccc4c(c3)c(-c3ccccc3)c(-c3ccccc3)c3ccccc34)cc2)cc1. The normalized spacial score (nSPS) is 11.5. The molecule has 0 spiro atoms. The molecule has 0 fully saturated rings. The van der Waals surface area contributed by atoms with Crippen LogP contribution < -0.4 is 4.90 Å². The highest BCUT2D eigenvalue weighted by Crippen LogP contribution is 2.47. The van der Waals surface area contributed by atoms with Crippen LogP contribution in [-0.4, -0.2) is 0 Å². The lowest BCUT2D eigenvalue weighted by Gasteiger charge is -2.27. The standard InChI is InChI=1S/C50H33NS/c1-4-14-34(15-5-1)35-24-26-38(27-25-35)51(40-29-31-44-43-21-12-13-23-47(43)52-48(44)33-40)39-28-30-42-41-20-10-11-22-45(41)49(36-16-6-2-7-17-36)50(46(42)32-39)37-18-8-3-9-19-37/h1-33H. The summed E-state index contributed by atoms with van der Waals surface area (Å²) in [5, 5.41) is 7.61. The molecule has 0 saturated carbocycles. The fraction of sp³-hybridized carbons (Fsp3) is 0. The van der Waals surface area contributed by atoms with Crippen LogP contribution in [-0.2, 0) is 0 Å². The van der Waals surface area contributed by atoms with E-state index in [-0.39, 0.29) is 0 Å². The highest BCUT2D eigenvalue weighted by molar-refractivity contribution is 7.25. The third-order valence-electron chi connectivity index (χ3n) is 10.2. The molecule has 0 aliphatic heterocycles. The quantitative estimate of drug-likeness (QED) is 0.158. The van der Waals surface area contributed by atoms with Crippen LogP contribution in [0.4, 0.5) is 17.1 Å². The summed E-state index contributed by atoms with van der Waals surface area (Å²) in [6, 6.07) is 73.0. The van der Waals surface area contributed by atoms with Gasteiger partial charge >= 0.3 is 0 Å². The topological polar surface area (TPSA) is 3.24 Å². The van der Waals surface area contributed by atoms with E-state index in [1.165, 1.54) is 75.1 Å². The van der Waals surface area contributed by atoms with Crippen molar-refractivity contribution in [2.75, 3.05) is 4.90 Å². The van der Waals surface area contributed by atoms with Crippen molar-refractivity contribution < 1.29 is 0 Å². The van der Waals surface area contributed by atoms with Gasteiger partial charge in [-0.25, -0.2) is 0 Å². The fourth-order valence-corrected chi connectivity index (χ4v) is 9.00. The average Bonchev–Trinajstić information content (AvgIpc) is 3.59. The number of hydrogen-bond donors (Lipinski definition) is 0. The molecular weight excluding hydrogens is 647 g/mol. The van der Waals surface area contributed by atoms with Gasteiger partial charge in [-0.15, -0.1) is 11.3 Å². The van der Waals surface area contributed by atoms with Gasteiger partial charge in [0.1, 0.15) is 0 Å². The van der Waals surface area contributed by atoms with Gasteiger partial charge in [-0.05, 0) is 97.4 Å². The molecule has 0 N–H and O–H groups in total. The van der Waals surface area contributed by atoms with Crippen LogP contribution in [0.3, 0.4) is 0 Å². The summed E-state index contributed by atoms with van der Waals surface area (Å²) >= 11 is 1.86. The molecule has 0 atom stereocenters. The molecule has 52 heavy (non-hydrogen) atoms. The van der Waals surface area contributed by atoms with Crippen molar-refractivity contribution >= 4 is 70.1 Å². The lowest BCUT2D eigenvalue weighted by molar-refractivity contribution is 1.30. The summed E-state index contributed by atoms with van der Waals surface area (Å²) in [6.45, 7) is 0. The number of anilines is 3. The second-order valence-corrected chi connectivity index (χ2v) is 14.4. The van der Waals surface area contributed by atoms with Gasteiger partial charge in [0.05, 0.1) is 0 Å². The zero-order chi connectivity index (χ0) is 34.4. The number of benzene rings is 9. The Bertz CT molecular complexity index is 2870. The van der Waals surface area contributed by atoms with Crippen molar-refractivity contribution in [1.29, 1.82) is 0 Å².